The number of rotatable bonds is 3. The number of carbonyl (C=O) groups excluding carboxylic acids is 3. The number of allylic oxidation sites excluding steroid dienone is 2. The van der Waals surface area contributed by atoms with Crippen LogP contribution in [0.3, 0.4) is 0 Å². The number of Topliss-reactive ketones (excluding diaryl/α,β-unsaturated/α-hetero) is 2. The molecule has 152 valence electrons. The first-order valence-electron chi connectivity index (χ1n) is 11.2. The number of ether oxygens (including phenoxy) is 1. The van der Waals surface area contributed by atoms with Crippen LogP contribution in [0.15, 0.2) is 11.6 Å². The summed E-state index contributed by atoms with van der Waals surface area (Å²) in [6.45, 7) is 2.39. The Hall–Kier alpha value is -1.45. The number of hydrogen-bond acceptors (Lipinski definition) is 4. The molecule has 0 aromatic rings. The first-order valence-corrected chi connectivity index (χ1v) is 11.2. The molecule has 7 atom stereocenters. The van der Waals surface area contributed by atoms with Crippen LogP contribution in [0.5, 0.6) is 0 Å². The molecule has 4 unspecified atom stereocenters. The lowest BCUT2D eigenvalue weighted by Crippen LogP contribution is -2.58. The van der Waals surface area contributed by atoms with E-state index in [0.717, 1.165) is 25.7 Å². The van der Waals surface area contributed by atoms with E-state index in [2.05, 4.69) is 13.0 Å². The fraction of sp³-hybridized carbons (Fsp3) is 0.792. The second-order valence-electron chi connectivity index (χ2n) is 10.4. The molecule has 4 fully saturated rings. The van der Waals surface area contributed by atoms with Gasteiger partial charge in [0.05, 0.1) is 7.11 Å². The molecule has 0 N–H and O–H groups in total. The Kier molecular flexibility index (Phi) is 4.16. The van der Waals surface area contributed by atoms with Gasteiger partial charge in [-0.2, -0.15) is 0 Å². The van der Waals surface area contributed by atoms with Crippen molar-refractivity contribution in [3.8, 4) is 0 Å². The third-order valence-electron chi connectivity index (χ3n) is 9.62. The van der Waals surface area contributed by atoms with Crippen molar-refractivity contribution in [3.63, 3.8) is 0 Å². The second kappa shape index (κ2) is 6.27. The predicted octanol–water partition coefficient (Wildman–Crippen LogP) is 4.27. The van der Waals surface area contributed by atoms with E-state index >= 15 is 0 Å². The Labute approximate surface area is 167 Å². The van der Waals surface area contributed by atoms with Crippen molar-refractivity contribution >= 4 is 17.5 Å². The Balaban J connectivity index is 1.39. The zero-order chi connectivity index (χ0) is 19.7. The summed E-state index contributed by atoms with van der Waals surface area (Å²) in [6.07, 6.45) is 11.3. The molecule has 0 radical (unpaired) electrons. The van der Waals surface area contributed by atoms with E-state index in [4.69, 9.17) is 4.74 Å². The topological polar surface area (TPSA) is 60.4 Å². The van der Waals surface area contributed by atoms with Crippen LogP contribution < -0.4 is 0 Å². The Bertz CT molecular complexity index is 767. The molecule has 0 aliphatic heterocycles. The van der Waals surface area contributed by atoms with E-state index in [1.54, 1.807) is 0 Å². The summed E-state index contributed by atoms with van der Waals surface area (Å²) in [7, 11) is 1.45. The van der Waals surface area contributed by atoms with E-state index < -0.39 is 0 Å². The normalized spacial score (nSPS) is 46.5. The number of fused-ring (bicyclic) bond motifs is 4. The van der Waals surface area contributed by atoms with Gasteiger partial charge >= 0.3 is 5.97 Å². The van der Waals surface area contributed by atoms with Gasteiger partial charge < -0.3 is 4.74 Å². The summed E-state index contributed by atoms with van der Waals surface area (Å²) in [5.74, 6) is 2.69. The summed E-state index contributed by atoms with van der Waals surface area (Å²) in [5, 5.41) is 0. The van der Waals surface area contributed by atoms with Crippen molar-refractivity contribution in [2.24, 2.45) is 40.4 Å². The van der Waals surface area contributed by atoms with Crippen molar-refractivity contribution in [1.29, 1.82) is 0 Å². The van der Waals surface area contributed by atoms with E-state index in [-0.39, 0.29) is 28.6 Å². The van der Waals surface area contributed by atoms with E-state index in [0.29, 0.717) is 55.0 Å². The van der Waals surface area contributed by atoms with Gasteiger partial charge in [-0.05, 0) is 73.0 Å². The lowest BCUT2D eigenvalue weighted by atomic mass is 9.42. The first-order chi connectivity index (χ1) is 13.4. The van der Waals surface area contributed by atoms with Crippen LogP contribution in [0, 0.1) is 40.4 Å². The third-order valence-corrected chi connectivity index (χ3v) is 9.62. The van der Waals surface area contributed by atoms with Crippen LogP contribution in [-0.2, 0) is 19.1 Å². The van der Waals surface area contributed by atoms with Gasteiger partial charge in [0.2, 0.25) is 0 Å². The summed E-state index contributed by atoms with van der Waals surface area (Å²) in [5.41, 5.74) is 1.82. The molecule has 0 heterocycles. The Morgan fingerprint density at radius 1 is 1.14 bits per heavy atom. The molecular formula is C24H32O4. The SMILES string of the molecule is COC(=O)CCC1=C[C@]23CCC4C(C(=O)CC5CC(=O)CC[C@@]54C)C2CC[C@H]13. The van der Waals surface area contributed by atoms with Crippen LogP contribution >= 0.6 is 0 Å². The molecule has 4 nitrogen and oxygen atoms in total. The van der Waals surface area contributed by atoms with Gasteiger partial charge in [0, 0.05) is 31.6 Å². The highest BCUT2D eigenvalue weighted by Gasteiger charge is 2.66. The Morgan fingerprint density at radius 3 is 2.75 bits per heavy atom. The fourth-order valence-electron chi connectivity index (χ4n) is 8.22. The molecule has 0 aromatic carbocycles. The highest BCUT2D eigenvalue weighted by molar-refractivity contribution is 5.86. The monoisotopic (exact) mass is 384 g/mol. The summed E-state index contributed by atoms with van der Waals surface area (Å²) >= 11 is 0. The number of carbonyl (C=O) groups is 3. The van der Waals surface area contributed by atoms with Gasteiger partial charge in [0.25, 0.3) is 0 Å². The quantitative estimate of drug-likeness (QED) is 0.539. The summed E-state index contributed by atoms with van der Waals surface area (Å²) < 4.78 is 4.80. The Morgan fingerprint density at radius 2 is 1.96 bits per heavy atom. The second-order valence-corrected chi connectivity index (χ2v) is 10.4. The molecule has 5 aliphatic rings. The molecule has 28 heavy (non-hydrogen) atoms. The molecular weight excluding hydrogens is 352 g/mol. The zero-order valence-electron chi connectivity index (χ0n) is 17.2. The van der Waals surface area contributed by atoms with Gasteiger partial charge in [-0.1, -0.05) is 18.6 Å². The maximum Gasteiger partial charge on any atom is 0.305 e. The minimum absolute atomic E-state index is 0.131. The molecule has 5 aliphatic carbocycles. The highest BCUT2D eigenvalue weighted by atomic mass is 16.5. The minimum Gasteiger partial charge on any atom is -0.469 e. The summed E-state index contributed by atoms with van der Waals surface area (Å²) in [4.78, 5) is 36.9. The first kappa shape index (κ1) is 18.6. The average molecular weight is 385 g/mol. The van der Waals surface area contributed by atoms with E-state index in [1.165, 1.54) is 25.5 Å². The maximum atomic E-state index is 13.3. The number of hydrogen-bond donors (Lipinski definition) is 0. The largest absolute Gasteiger partial charge is 0.469 e. The minimum atomic E-state index is -0.131. The molecule has 0 amide bonds. The van der Waals surface area contributed by atoms with Crippen molar-refractivity contribution in [3.05, 3.63) is 11.6 Å². The standard InChI is InChI=1S/C24H32O4/c1-23-9-7-16(25)11-15(23)12-20(26)22-18(23)8-10-24-13-14(3-6-21(27)28-2)17(24)4-5-19(22)24/h13,15,17-19,22H,3-12H2,1-2H3/t15?,17-,18?,19?,22?,23+,24+/m1/s1. The van der Waals surface area contributed by atoms with Crippen molar-refractivity contribution in [2.45, 2.75) is 71.1 Å². The van der Waals surface area contributed by atoms with Gasteiger partial charge in [-0.15, -0.1) is 0 Å². The molecule has 0 saturated heterocycles. The van der Waals surface area contributed by atoms with Crippen LogP contribution in [-0.4, -0.2) is 24.6 Å². The van der Waals surface area contributed by atoms with Gasteiger partial charge in [-0.3, -0.25) is 14.4 Å². The molecule has 5 rings (SSSR count). The summed E-state index contributed by atoms with van der Waals surface area (Å²) in [6, 6.07) is 0. The smallest absolute Gasteiger partial charge is 0.305 e. The van der Waals surface area contributed by atoms with Crippen LogP contribution in [0.25, 0.3) is 0 Å². The number of esters is 1. The van der Waals surface area contributed by atoms with Gasteiger partial charge in [0.15, 0.2) is 0 Å². The lowest BCUT2D eigenvalue weighted by molar-refractivity contribution is -0.157. The molecule has 4 heteroatoms. The lowest BCUT2D eigenvalue weighted by Gasteiger charge is -2.61. The van der Waals surface area contributed by atoms with Crippen molar-refractivity contribution in [2.75, 3.05) is 7.11 Å². The van der Waals surface area contributed by atoms with Gasteiger partial charge in [0.1, 0.15) is 11.6 Å². The molecule has 1 spiro atoms. The van der Waals surface area contributed by atoms with Crippen LogP contribution in [0.2, 0.25) is 0 Å². The number of methoxy groups -OCH3 is 1. The zero-order valence-corrected chi connectivity index (χ0v) is 17.2. The molecule has 0 aromatic heterocycles. The third kappa shape index (κ3) is 2.39. The van der Waals surface area contributed by atoms with Gasteiger partial charge in [-0.25, -0.2) is 0 Å². The van der Waals surface area contributed by atoms with Crippen LogP contribution in [0.1, 0.15) is 71.1 Å². The maximum absolute atomic E-state index is 13.3. The van der Waals surface area contributed by atoms with E-state index in [9.17, 15) is 14.4 Å². The molecule has 0 bridgehead atoms. The average Bonchev–Trinajstić information content (AvgIpc) is 2.96. The predicted molar refractivity (Wildman–Crippen MR) is 104 cm³/mol. The van der Waals surface area contributed by atoms with Crippen LogP contribution in [0.4, 0.5) is 0 Å². The van der Waals surface area contributed by atoms with E-state index in [1.807, 2.05) is 0 Å². The fourth-order valence-corrected chi connectivity index (χ4v) is 8.22. The highest BCUT2D eigenvalue weighted by Crippen LogP contribution is 2.71. The molecule has 4 saturated carbocycles. The van der Waals surface area contributed by atoms with Crippen molar-refractivity contribution in [1.82, 2.24) is 0 Å². The number of ketones is 2. The van der Waals surface area contributed by atoms with Crippen molar-refractivity contribution < 1.29 is 19.1 Å².